The Bertz CT molecular complexity index is 304. The maximum absolute atomic E-state index is 11.6. The highest BCUT2D eigenvalue weighted by Gasteiger charge is 2.30. The Kier molecular flexibility index (Phi) is 4.95. The smallest absolute Gasteiger partial charge is 0.407 e. The Balaban J connectivity index is 2.54. The third kappa shape index (κ3) is 5.35. The first-order chi connectivity index (χ1) is 8.28. The molecule has 1 fully saturated rings. The summed E-state index contributed by atoms with van der Waals surface area (Å²) in [5, 5.41) is 11.4. The van der Waals surface area contributed by atoms with Crippen molar-refractivity contribution in [3.8, 4) is 0 Å². The van der Waals surface area contributed by atoms with E-state index in [0.29, 0.717) is 6.61 Å². The van der Waals surface area contributed by atoms with Gasteiger partial charge in [0.2, 0.25) is 0 Å². The van der Waals surface area contributed by atoms with E-state index in [1.54, 1.807) is 20.8 Å². The van der Waals surface area contributed by atoms with Crippen LogP contribution in [0.15, 0.2) is 0 Å². The van der Waals surface area contributed by atoms with Gasteiger partial charge >= 0.3 is 12.1 Å². The van der Waals surface area contributed by atoms with Crippen LogP contribution in [0.3, 0.4) is 0 Å². The lowest BCUT2D eigenvalue weighted by Crippen LogP contribution is -2.46. The maximum atomic E-state index is 11.6. The number of aliphatic carboxylic acids is 1. The predicted molar refractivity (Wildman–Crippen MR) is 64.4 cm³/mol. The third-order valence-electron chi connectivity index (χ3n) is 2.51. The summed E-state index contributed by atoms with van der Waals surface area (Å²) in [7, 11) is 0. The van der Waals surface area contributed by atoms with Crippen molar-refractivity contribution < 1.29 is 24.2 Å². The number of amides is 1. The average molecular weight is 259 g/mol. The molecule has 6 heteroatoms. The molecule has 0 aromatic rings. The summed E-state index contributed by atoms with van der Waals surface area (Å²) >= 11 is 0. The van der Waals surface area contributed by atoms with Gasteiger partial charge in [-0.1, -0.05) is 0 Å². The highest BCUT2D eigenvalue weighted by molar-refractivity contribution is 5.71. The Labute approximate surface area is 107 Å². The zero-order chi connectivity index (χ0) is 13.8. The second-order valence-corrected chi connectivity index (χ2v) is 5.40. The lowest BCUT2D eigenvalue weighted by atomic mass is 10.1. The predicted octanol–water partition coefficient (Wildman–Crippen LogP) is 1.53. The van der Waals surface area contributed by atoms with Crippen molar-refractivity contribution in [3.63, 3.8) is 0 Å². The first kappa shape index (κ1) is 14.8. The Morgan fingerprint density at radius 3 is 2.61 bits per heavy atom. The molecule has 2 N–H and O–H groups in total. The number of hydrogen-bond acceptors (Lipinski definition) is 4. The fourth-order valence-corrected chi connectivity index (χ4v) is 1.84. The molecule has 6 nitrogen and oxygen atoms in total. The van der Waals surface area contributed by atoms with Crippen molar-refractivity contribution in [2.24, 2.45) is 0 Å². The van der Waals surface area contributed by atoms with Gasteiger partial charge in [-0.25, -0.2) is 4.79 Å². The van der Waals surface area contributed by atoms with Crippen LogP contribution in [0, 0.1) is 0 Å². The van der Waals surface area contributed by atoms with Gasteiger partial charge in [-0.05, 0) is 33.6 Å². The molecule has 1 unspecified atom stereocenters. The number of hydrogen-bond donors (Lipinski definition) is 2. The van der Waals surface area contributed by atoms with Gasteiger partial charge in [0, 0.05) is 6.61 Å². The van der Waals surface area contributed by atoms with E-state index in [1.165, 1.54) is 0 Å². The number of carboxylic acids is 1. The average Bonchev–Trinajstić information content (AvgIpc) is 2.64. The van der Waals surface area contributed by atoms with Crippen molar-refractivity contribution in [3.05, 3.63) is 0 Å². The zero-order valence-electron chi connectivity index (χ0n) is 11.1. The van der Waals surface area contributed by atoms with Gasteiger partial charge in [0.05, 0.1) is 18.6 Å². The quantitative estimate of drug-likeness (QED) is 0.799. The van der Waals surface area contributed by atoms with Gasteiger partial charge in [-0.3, -0.25) is 4.79 Å². The van der Waals surface area contributed by atoms with Gasteiger partial charge in [-0.15, -0.1) is 0 Å². The molecule has 1 aliphatic heterocycles. The minimum Gasteiger partial charge on any atom is -0.481 e. The molecule has 1 heterocycles. The van der Waals surface area contributed by atoms with Crippen LogP contribution in [-0.4, -0.2) is 41.5 Å². The zero-order valence-corrected chi connectivity index (χ0v) is 11.1. The number of nitrogens with one attached hydrogen (secondary N) is 1. The lowest BCUT2D eigenvalue weighted by Gasteiger charge is -2.25. The molecule has 0 saturated carbocycles. The number of alkyl carbamates (subject to hydrolysis) is 1. The van der Waals surface area contributed by atoms with E-state index in [1.807, 2.05) is 0 Å². The SMILES string of the molecule is CC(C)(C)OC(=O)N[C@H](CC(=O)O)C1CCCO1. The molecule has 1 aliphatic rings. The monoisotopic (exact) mass is 259 g/mol. The second-order valence-electron chi connectivity index (χ2n) is 5.40. The first-order valence-electron chi connectivity index (χ1n) is 6.11. The lowest BCUT2D eigenvalue weighted by molar-refractivity contribution is -0.138. The number of carbonyl (C=O) groups is 2. The van der Waals surface area contributed by atoms with E-state index in [2.05, 4.69) is 5.32 Å². The molecule has 1 saturated heterocycles. The molecule has 1 rings (SSSR count). The third-order valence-corrected chi connectivity index (χ3v) is 2.51. The van der Waals surface area contributed by atoms with Crippen LogP contribution in [0.4, 0.5) is 4.79 Å². The highest BCUT2D eigenvalue weighted by Crippen LogP contribution is 2.18. The molecule has 18 heavy (non-hydrogen) atoms. The molecule has 104 valence electrons. The summed E-state index contributed by atoms with van der Waals surface area (Å²) < 4.78 is 10.5. The van der Waals surface area contributed by atoms with Gasteiger partial charge in [0.15, 0.2) is 0 Å². The van der Waals surface area contributed by atoms with Crippen molar-refractivity contribution in [2.45, 2.75) is 57.8 Å². The van der Waals surface area contributed by atoms with E-state index in [-0.39, 0.29) is 12.5 Å². The van der Waals surface area contributed by atoms with Gasteiger partial charge in [0.25, 0.3) is 0 Å². The summed E-state index contributed by atoms with van der Waals surface area (Å²) in [4.78, 5) is 22.4. The van der Waals surface area contributed by atoms with Crippen LogP contribution in [-0.2, 0) is 14.3 Å². The van der Waals surface area contributed by atoms with Crippen LogP contribution in [0.5, 0.6) is 0 Å². The van der Waals surface area contributed by atoms with Gasteiger partial charge in [-0.2, -0.15) is 0 Å². The maximum Gasteiger partial charge on any atom is 0.407 e. The number of carbonyl (C=O) groups excluding carboxylic acids is 1. The molecular formula is C12H21NO5. The largest absolute Gasteiger partial charge is 0.481 e. The van der Waals surface area contributed by atoms with Crippen LogP contribution in [0.25, 0.3) is 0 Å². The fraction of sp³-hybridized carbons (Fsp3) is 0.833. The molecule has 2 atom stereocenters. The fourth-order valence-electron chi connectivity index (χ4n) is 1.84. The van der Waals surface area contributed by atoms with Crippen molar-refractivity contribution >= 4 is 12.1 Å². The first-order valence-corrected chi connectivity index (χ1v) is 6.11. The number of carboxylic acid groups (broad SMARTS) is 1. The summed E-state index contributed by atoms with van der Waals surface area (Å²) in [5.41, 5.74) is -0.603. The molecule has 0 aliphatic carbocycles. The van der Waals surface area contributed by atoms with E-state index in [4.69, 9.17) is 14.6 Å². The molecule has 0 aromatic heterocycles. The van der Waals surface area contributed by atoms with Crippen molar-refractivity contribution in [1.82, 2.24) is 5.32 Å². The number of rotatable bonds is 4. The van der Waals surface area contributed by atoms with Gasteiger partial charge in [0.1, 0.15) is 5.60 Å². The van der Waals surface area contributed by atoms with E-state index in [9.17, 15) is 9.59 Å². The van der Waals surface area contributed by atoms with E-state index >= 15 is 0 Å². The topological polar surface area (TPSA) is 84.9 Å². The number of ether oxygens (including phenoxy) is 2. The Morgan fingerprint density at radius 2 is 2.17 bits per heavy atom. The summed E-state index contributed by atoms with van der Waals surface area (Å²) in [5.74, 6) is -0.966. The Morgan fingerprint density at radius 1 is 1.50 bits per heavy atom. The van der Waals surface area contributed by atoms with E-state index < -0.39 is 23.7 Å². The minimum absolute atomic E-state index is 0.163. The molecule has 0 bridgehead atoms. The molecule has 0 radical (unpaired) electrons. The van der Waals surface area contributed by atoms with Crippen LogP contribution >= 0.6 is 0 Å². The molecular weight excluding hydrogens is 238 g/mol. The van der Waals surface area contributed by atoms with Crippen LogP contribution < -0.4 is 5.32 Å². The summed E-state index contributed by atoms with van der Waals surface area (Å²) in [6, 6.07) is -0.542. The second kappa shape index (κ2) is 6.04. The molecule has 0 spiro atoms. The van der Waals surface area contributed by atoms with Gasteiger partial charge < -0.3 is 19.9 Å². The van der Waals surface area contributed by atoms with Crippen molar-refractivity contribution in [1.29, 1.82) is 0 Å². The summed E-state index contributed by atoms with van der Waals surface area (Å²) in [6.45, 7) is 5.87. The van der Waals surface area contributed by atoms with Crippen molar-refractivity contribution in [2.75, 3.05) is 6.61 Å². The highest BCUT2D eigenvalue weighted by atomic mass is 16.6. The van der Waals surface area contributed by atoms with Crippen LogP contribution in [0.2, 0.25) is 0 Å². The van der Waals surface area contributed by atoms with Crippen LogP contribution in [0.1, 0.15) is 40.0 Å². The standard InChI is InChI=1S/C12H21NO5/c1-12(2,3)18-11(16)13-8(7-10(14)15)9-5-4-6-17-9/h8-9H,4-7H2,1-3H3,(H,13,16)(H,14,15)/t8-,9?/m1/s1. The normalized spacial score (nSPS) is 21.4. The molecule has 0 aromatic carbocycles. The summed E-state index contributed by atoms with van der Waals surface area (Å²) in [6.07, 6.45) is 0.631. The van der Waals surface area contributed by atoms with E-state index in [0.717, 1.165) is 12.8 Å². The minimum atomic E-state index is -0.966. The molecule has 1 amide bonds. The Hall–Kier alpha value is -1.30.